The van der Waals surface area contributed by atoms with E-state index in [0.717, 1.165) is 27.1 Å². The van der Waals surface area contributed by atoms with E-state index in [1.54, 1.807) is 22.7 Å². The van der Waals surface area contributed by atoms with E-state index in [1.807, 2.05) is 22.0 Å². The Labute approximate surface area is 136 Å². The number of fused-ring (bicyclic) bond motifs is 1. The normalized spacial score (nSPS) is 12.8. The number of benzene rings is 1. The van der Waals surface area contributed by atoms with Crippen molar-refractivity contribution in [2.24, 2.45) is 0 Å². The van der Waals surface area contributed by atoms with Crippen molar-refractivity contribution in [1.29, 1.82) is 0 Å². The minimum absolute atomic E-state index is 0.309. The zero-order valence-corrected chi connectivity index (χ0v) is 13.6. The van der Waals surface area contributed by atoms with Gasteiger partial charge in [0.05, 0.1) is 4.88 Å². The van der Waals surface area contributed by atoms with Crippen LogP contribution in [0.3, 0.4) is 0 Å². The molecule has 0 amide bonds. The SMILES string of the molecule is CC[C@H](c1ccccc1)c1nn2c(-c3cccs3)nnc2s1. The van der Waals surface area contributed by atoms with Crippen molar-refractivity contribution in [1.82, 2.24) is 19.8 Å². The lowest BCUT2D eigenvalue weighted by Crippen LogP contribution is -2.00. The molecule has 4 nitrogen and oxygen atoms in total. The maximum absolute atomic E-state index is 4.79. The monoisotopic (exact) mass is 326 g/mol. The average Bonchev–Trinajstić information content (AvgIpc) is 3.25. The fourth-order valence-corrected chi connectivity index (χ4v) is 4.31. The average molecular weight is 326 g/mol. The highest BCUT2D eigenvalue weighted by Crippen LogP contribution is 2.32. The Bertz CT molecular complexity index is 878. The minimum Gasteiger partial charge on any atom is -0.182 e. The molecule has 0 bridgehead atoms. The second-order valence-electron chi connectivity index (χ2n) is 5.01. The van der Waals surface area contributed by atoms with Gasteiger partial charge in [0.1, 0.15) is 5.01 Å². The minimum atomic E-state index is 0.309. The van der Waals surface area contributed by atoms with Crippen molar-refractivity contribution in [3.63, 3.8) is 0 Å². The predicted octanol–water partition coefficient (Wildman–Crippen LogP) is 4.46. The van der Waals surface area contributed by atoms with Gasteiger partial charge in [0.25, 0.3) is 0 Å². The van der Waals surface area contributed by atoms with Gasteiger partial charge in [-0.05, 0) is 23.4 Å². The first-order valence-corrected chi connectivity index (χ1v) is 8.87. The molecule has 3 heterocycles. The molecule has 3 aromatic heterocycles. The molecule has 0 saturated heterocycles. The molecule has 0 N–H and O–H groups in total. The molecule has 0 unspecified atom stereocenters. The molecular weight excluding hydrogens is 312 g/mol. The van der Waals surface area contributed by atoms with Crippen LogP contribution in [0.2, 0.25) is 0 Å². The van der Waals surface area contributed by atoms with Gasteiger partial charge >= 0.3 is 0 Å². The van der Waals surface area contributed by atoms with Crippen molar-refractivity contribution in [2.45, 2.75) is 19.3 Å². The topological polar surface area (TPSA) is 43.1 Å². The Morgan fingerprint density at radius 3 is 2.68 bits per heavy atom. The van der Waals surface area contributed by atoms with Crippen LogP contribution in [-0.2, 0) is 0 Å². The van der Waals surface area contributed by atoms with Gasteiger partial charge < -0.3 is 0 Å². The molecule has 0 aliphatic carbocycles. The Morgan fingerprint density at radius 1 is 1.09 bits per heavy atom. The summed E-state index contributed by atoms with van der Waals surface area (Å²) in [6, 6.07) is 14.6. The number of thiophene rings is 1. The highest BCUT2D eigenvalue weighted by Gasteiger charge is 2.20. The standard InChI is InChI=1S/C16H14N4S2/c1-2-12(11-7-4-3-5-8-11)15-19-20-14(13-9-6-10-21-13)17-18-16(20)22-15/h3-10,12H,2H2,1H3/t12-/m1/s1. The molecule has 0 aliphatic rings. The van der Waals surface area contributed by atoms with Gasteiger partial charge in [-0.25, -0.2) is 0 Å². The second kappa shape index (κ2) is 5.62. The third-order valence-electron chi connectivity index (χ3n) is 3.66. The summed E-state index contributed by atoms with van der Waals surface area (Å²) < 4.78 is 1.87. The number of hydrogen-bond donors (Lipinski definition) is 0. The Hall–Kier alpha value is -2.05. The van der Waals surface area contributed by atoms with Gasteiger partial charge in [0, 0.05) is 5.92 Å². The smallest absolute Gasteiger partial charge is 0.182 e. The summed E-state index contributed by atoms with van der Waals surface area (Å²) in [7, 11) is 0. The number of nitrogens with zero attached hydrogens (tertiary/aromatic N) is 4. The van der Waals surface area contributed by atoms with E-state index in [0.29, 0.717) is 5.92 Å². The molecule has 0 spiro atoms. The summed E-state index contributed by atoms with van der Waals surface area (Å²) in [4.78, 5) is 1.95. The van der Waals surface area contributed by atoms with E-state index >= 15 is 0 Å². The Balaban J connectivity index is 1.80. The molecule has 1 atom stereocenters. The lowest BCUT2D eigenvalue weighted by Gasteiger charge is -2.11. The second-order valence-corrected chi connectivity index (χ2v) is 6.94. The zero-order chi connectivity index (χ0) is 14.9. The van der Waals surface area contributed by atoms with Crippen LogP contribution in [0.5, 0.6) is 0 Å². The van der Waals surface area contributed by atoms with E-state index in [1.165, 1.54) is 5.56 Å². The lowest BCUT2D eigenvalue weighted by molar-refractivity contribution is 0.744. The van der Waals surface area contributed by atoms with Crippen molar-refractivity contribution in [3.05, 3.63) is 58.4 Å². The molecule has 0 radical (unpaired) electrons. The van der Waals surface area contributed by atoms with Crippen LogP contribution in [0.25, 0.3) is 15.7 Å². The summed E-state index contributed by atoms with van der Waals surface area (Å²) in [5.74, 6) is 1.14. The fourth-order valence-electron chi connectivity index (χ4n) is 2.57. The van der Waals surface area contributed by atoms with Crippen LogP contribution in [0, 0.1) is 0 Å². The lowest BCUT2D eigenvalue weighted by atomic mass is 9.97. The number of rotatable bonds is 4. The molecule has 6 heteroatoms. The van der Waals surface area contributed by atoms with Gasteiger partial charge in [-0.3, -0.25) is 0 Å². The van der Waals surface area contributed by atoms with E-state index in [4.69, 9.17) is 5.10 Å². The van der Waals surface area contributed by atoms with E-state index < -0.39 is 0 Å². The molecule has 1 aromatic carbocycles. The summed E-state index contributed by atoms with van der Waals surface area (Å²) in [6.45, 7) is 2.19. The Kier molecular flexibility index (Phi) is 3.48. The van der Waals surface area contributed by atoms with Gasteiger partial charge in [-0.1, -0.05) is 54.7 Å². The van der Waals surface area contributed by atoms with Crippen LogP contribution in [0.15, 0.2) is 47.8 Å². The van der Waals surface area contributed by atoms with Crippen LogP contribution >= 0.6 is 22.7 Å². The largest absolute Gasteiger partial charge is 0.235 e. The van der Waals surface area contributed by atoms with Crippen molar-refractivity contribution >= 4 is 27.6 Å². The molecule has 0 saturated carbocycles. The van der Waals surface area contributed by atoms with Crippen molar-refractivity contribution < 1.29 is 0 Å². The molecule has 4 aromatic rings. The van der Waals surface area contributed by atoms with E-state index in [-0.39, 0.29) is 0 Å². The third-order valence-corrected chi connectivity index (χ3v) is 5.53. The van der Waals surface area contributed by atoms with Crippen LogP contribution in [-0.4, -0.2) is 19.8 Å². The maximum atomic E-state index is 4.79. The molecule has 110 valence electrons. The van der Waals surface area contributed by atoms with E-state index in [9.17, 15) is 0 Å². The van der Waals surface area contributed by atoms with Gasteiger partial charge in [0.2, 0.25) is 4.96 Å². The quantitative estimate of drug-likeness (QED) is 0.556. The number of hydrogen-bond acceptors (Lipinski definition) is 5. The Morgan fingerprint density at radius 2 is 1.95 bits per heavy atom. The summed E-state index contributed by atoms with van der Waals surface area (Å²) in [5, 5.41) is 16.5. The summed E-state index contributed by atoms with van der Waals surface area (Å²) in [6.07, 6.45) is 1.02. The molecule has 4 rings (SSSR count). The van der Waals surface area contributed by atoms with Crippen molar-refractivity contribution in [3.8, 4) is 10.7 Å². The third kappa shape index (κ3) is 2.24. The van der Waals surface area contributed by atoms with Crippen LogP contribution < -0.4 is 0 Å². The van der Waals surface area contributed by atoms with Crippen LogP contribution in [0.1, 0.15) is 29.8 Å². The fraction of sp³-hybridized carbons (Fsp3) is 0.188. The molecule has 0 aliphatic heterocycles. The molecule has 0 fully saturated rings. The molecule has 22 heavy (non-hydrogen) atoms. The first-order valence-electron chi connectivity index (χ1n) is 7.17. The first kappa shape index (κ1) is 13.6. The summed E-state index contributed by atoms with van der Waals surface area (Å²) >= 11 is 3.28. The first-order chi connectivity index (χ1) is 10.9. The van der Waals surface area contributed by atoms with Gasteiger partial charge in [0.15, 0.2) is 5.82 Å². The maximum Gasteiger partial charge on any atom is 0.235 e. The van der Waals surface area contributed by atoms with Crippen molar-refractivity contribution in [2.75, 3.05) is 0 Å². The highest BCUT2D eigenvalue weighted by molar-refractivity contribution is 7.17. The molecular formula is C16H14N4S2. The van der Waals surface area contributed by atoms with Crippen LogP contribution in [0.4, 0.5) is 0 Å². The zero-order valence-electron chi connectivity index (χ0n) is 12.0. The summed E-state index contributed by atoms with van der Waals surface area (Å²) in [5.41, 5.74) is 1.30. The van der Waals surface area contributed by atoms with Gasteiger partial charge in [-0.2, -0.15) is 9.61 Å². The van der Waals surface area contributed by atoms with E-state index in [2.05, 4.69) is 47.5 Å². The van der Waals surface area contributed by atoms with Gasteiger partial charge in [-0.15, -0.1) is 21.5 Å². The number of aromatic nitrogens is 4. The predicted molar refractivity (Wildman–Crippen MR) is 90.5 cm³/mol. The highest BCUT2D eigenvalue weighted by atomic mass is 32.1.